The third-order valence-electron chi connectivity index (χ3n) is 5.18. The molecule has 142 valence electrons. The number of likely N-dealkylation sites (tertiary alicyclic amines) is 1. The molecule has 5 nitrogen and oxygen atoms in total. The number of hydrogen-bond acceptors (Lipinski definition) is 5. The van der Waals surface area contributed by atoms with Crippen molar-refractivity contribution in [1.29, 1.82) is 0 Å². The van der Waals surface area contributed by atoms with Crippen LogP contribution in [0, 0.1) is 12.8 Å². The molecule has 4 rings (SSSR count). The van der Waals surface area contributed by atoms with Gasteiger partial charge in [-0.15, -0.1) is 0 Å². The Labute approximate surface area is 160 Å². The van der Waals surface area contributed by atoms with E-state index < -0.39 is 0 Å². The van der Waals surface area contributed by atoms with E-state index in [-0.39, 0.29) is 6.10 Å². The van der Waals surface area contributed by atoms with Crippen LogP contribution in [0.1, 0.15) is 16.7 Å². The van der Waals surface area contributed by atoms with Crippen molar-refractivity contribution in [3.05, 3.63) is 65.2 Å². The van der Waals surface area contributed by atoms with Crippen LogP contribution in [0.25, 0.3) is 0 Å². The number of nitrogens with zero attached hydrogens (tertiary/aromatic N) is 2. The highest BCUT2D eigenvalue weighted by atomic mass is 16.6. The molecule has 0 N–H and O–H groups in total. The molecule has 2 aromatic rings. The van der Waals surface area contributed by atoms with Gasteiger partial charge in [-0.2, -0.15) is 0 Å². The highest BCUT2D eigenvalue weighted by molar-refractivity contribution is 6.03. The second-order valence-electron chi connectivity index (χ2n) is 7.28. The monoisotopic (exact) mass is 366 g/mol. The van der Waals surface area contributed by atoms with Crippen LogP contribution >= 0.6 is 0 Å². The van der Waals surface area contributed by atoms with E-state index in [0.717, 1.165) is 31.1 Å². The van der Waals surface area contributed by atoms with Gasteiger partial charge in [0.25, 0.3) is 0 Å². The summed E-state index contributed by atoms with van der Waals surface area (Å²) in [6, 6.07) is 16.8. The summed E-state index contributed by atoms with van der Waals surface area (Å²) in [6.07, 6.45) is 0.164. The van der Waals surface area contributed by atoms with Crippen molar-refractivity contribution < 1.29 is 14.3 Å². The van der Waals surface area contributed by atoms with Gasteiger partial charge in [0.05, 0.1) is 18.2 Å². The van der Waals surface area contributed by atoms with Crippen LogP contribution in [0.5, 0.6) is 5.75 Å². The summed E-state index contributed by atoms with van der Waals surface area (Å²) in [4.78, 5) is 8.19. The molecule has 2 aliphatic rings. The van der Waals surface area contributed by atoms with Crippen molar-refractivity contribution in [2.45, 2.75) is 19.6 Å². The molecule has 1 saturated heterocycles. The molecule has 2 aliphatic heterocycles. The van der Waals surface area contributed by atoms with Gasteiger partial charge in [0.2, 0.25) is 0 Å². The maximum atomic E-state index is 5.74. The number of oxime groups is 1. The van der Waals surface area contributed by atoms with Crippen molar-refractivity contribution in [3.8, 4) is 5.75 Å². The van der Waals surface area contributed by atoms with Crippen LogP contribution in [0.3, 0.4) is 0 Å². The molecule has 27 heavy (non-hydrogen) atoms. The predicted molar refractivity (Wildman–Crippen MR) is 105 cm³/mol. The van der Waals surface area contributed by atoms with Gasteiger partial charge < -0.3 is 14.3 Å². The molecule has 0 radical (unpaired) electrons. The van der Waals surface area contributed by atoms with Crippen molar-refractivity contribution in [2.75, 3.05) is 33.4 Å². The van der Waals surface area contributed by atoms with Crippen molar-refractivity contribution >= 4 is 5.71 Å². The van der Waals surface area contributed by atoms with Crippen LogP contribution in [0.4, 0.5) is 0 Å². The standard InChI is InChI=1S/C22H26N2O3/c1-16-4-3-5-18(12-16)22-20-14-24(15-21(20)27-23-22)13-17-6-8-19(9-7-17)26-11-10-25-2/h3-9,12,20-21H,10-11,13-15H2,1-2H3/t20-,21+/m1/s1. The molecule has 0 bridgehead atoms. The maximum Gasteiger partial charge on any atom is 0.149 e. The summed E-state index contributed by atoms with van der Waals surface area (Å²) in [5.74, 6) is 1.23. The molecule has 2 atom stereocenters. The first-order chi connectivity index (χ1) is 13.2. The van der Waals surface area contributed by atoms with E-state index in [1.165, 1.54) is 16.7 Å². The Morgan fingerprint density at radius 1 is 1.11 bits per heavy atom. The van der Waals surface area contributed by atoms with Gasteiger partial charge in [0, 0.05) is 32.3 Å². The van der Waals surface area contributed by atoms with Crippen molar-refractivity contribution in [1.82, 2.24) is 4.90 Å². The lowest BCUT2D eigenvalue weighted by molar-refractivity contribution is 0.0745. The number of ether oxygens (including phenoxy) is 2. The number of methoxy groups -OCH3 is 1. The van der Waals surface area contributed by atoms with Gasteiger partial charge in [-0.25, -0.2) is 0 Å². The highest BCUT2D eigenvalue weighted by Gasteiger charge is 2.42. The minimum atomic E-state index is 0.164. The van der Waals surface area contributed by atoms with Gasteiger partial charge in [-0.1, -0.05) is 47.1 Å². The molecule has 2 heterocycles. The Morgan fingerprint density at radius 3 is 2.74 bits per heavy atom. The third kappa shape index (κ3) is 4.15. The summed E-state index contributed by atoms with van der Waals surface area (Å²) in [6.45, 7) is 6.09. The average molecular weight is 366 g/mol. The second-order valence-corrected chi connectivity index (χ2v) is 7.28. The van der Waals surface area contributed by atoms with E-state index in [1.54, 1.807) is 7.11 Å². The molecule has 0 saturated carbocycles. The smallest absolute Gasteiger partial charge is 0.149 e. The summed E-state index contributed by atoms with van der Waals surface area (Å²) in [5.41, 5.74) is 4.81. The summed E-state index contributed by atoms with van der Waals surface area (Å²) >= 11 is 0. The van der Waals surface area contributed by atoms with Crippen LogP contribution in [0.15, 0.2) is 53.7 Å². The van der Waals surface area contributed by atoms with Gasteiger partial charge in [-0.05, 0) is 24.6 Å². The van der Waals surface area contributed by atoms with Crippen molar-refractivity contribution in [2.24, 2.45) is 11.1 Å². The molecule has 1 fully saturated rings. The minimum Gasteiger partial charge on any atom is -0.491 e. The maximum absolute atomic E-state index is 5.74. The van der Waals surface area contributed by atoms with E-state index in [0.29, 0.717) is 19.1 Å². The molecule has 0 unspecified atom stereocenters. The van der Waals surface area contributed by atoms with Gasteiger partial charge >= 0.3 is 0 Å². The number of fused-ring (bicyclic) bond motifs is 1. The second kappa shape index (κ2) is 8.11. The zero-order valence-corrected chi connectivity index (χ0v) is 15.9. The molecule has 0 spiro atoms. The van der Waals surface area contributed by atoms with Gasteiger partial charge in [0.15, 0.2) is 0 Å². The predicted octanol–water partition coefficient (Wildman–Crippen LogP) is 3.26. The third-order valence-corrected chi connectivity index (χ3v) is 5.18. The van der Waals surface area contributed by atoms with Crippen molar-refractivity contribution in [3.63, 3.8) is 0 Å². The van der Waals surface area contributed by atoms with E-state index in [2.05, 4.69) is 53.4 Å². The largest absolute Gasteiger partial charge is 0.491 e. The molecular formula is C22H26N2O3. The molecule has 0 aliphatic carbocycles. The van der Waals surface area contributed by atoms with E-state index >= 15 is 0 Å². The molecule has 2 aromatic carbocycles. The number of benzene rings is 2. The normalized spacial score (nSPS) is 21.6. The fourth-order valence-corrected chi connectivity index (χ4v) is 3.81. The summed E-state index contributed by atoms with van der Waals surface area (Å²) in [7, 11) is 1.68. The Morgan fingerprint density at radius 2 is 1.96 bits per heavy atom. The molecular weight excluding hydrogens is 340 g/mol. The van der Waals surface area contributed by atoms with Crippen LogP contribution in [-0.2, 0) is 16.1 Å². The highest BCUT2D eigenvalue weighted by Crippen LogP contribution is 2.31. The first kappa shape index (κ1) is 18.0. The summed E-state index contributed by atoms with van der Waals surface area (Å²) < 4.78 is 10.6. The Hall–Kier alpha value is -2.37. The van der Waals surface area contributed by atoms with Gasteiger partial charge in [0.1, 0.15) is 18.5 Å². The van der Waals surface area contributed by atoms with E-state index in [1.807, 2.05) is 12.1 Å². The lowest BCUT2D eigenvalue weighted by Gasteiger charge is -2.16. The van der Waals surface area contributed by atoms with Crippen LogP contribution < -0.4 is 4.74 Å². The minimum absolute atomic E-state index is 0.164. The van der Waals surface area contributed by atoms with Crippen LogP contribution in [0.2, 0.25) is 0 Å². The molecule has 5 heteroatoms. The number of aryl methyl sites for hydroxylation is 1. The van der Waals surface area contributed by atoms with Gasteiger partial charge in [-0.3, -0.25) is 4.90 Å². The zero-order chi connectivity index (χ0) is 18.6. The first-order valence-electron chi connectivity index (χ1n) is 9.47. The average Bonchev–Trinajstić information content (AvgIpc) is 3.23. The lowest BCUT2D eigenvalue weighted by Crippen LogP contribution is -2.23. The van der Waals surface area contributed by atoms with Crippen LogP contribution in [-0.4, -0.2) is 50.1 Å². The zero-order valence-electron chi connectivity index (χ0n) is 15.9. The molecule has 0 aromatic heterocycles. The lowest BCUT2D eigenvalue weighted by atomic mass is 9.94. The Kier molecular flexibility index (Phi) is 5.41. The quantitative estimate of drug-likeness (QED) is 0.706. The molecule has 0 amide bonds. The number of rotatable bonds is 7. The number of hydrogen-bond donors (Lipinski definition) is 0. The van der Waals surface area contributed by atoms with E-state index in [9.17, 15) is 0 Å². The topological polar surface area (TPSA) is 43.3 Å². The summed E-state index contributed by atoms with van der Waals surface area (Å²) in [5, 5.41) is 4.38. The Balaban J connectivity index is 1.35. The first-order valence-corrected chi connectivity index (χ1v) is 9.47. The SMILES string of the molecule is COCCOc1ccc(CN2C[C@@H]3ON=C(c4cccc(C)c4)[C@@H]3C2)cc1. The fourth-order valence-electron chi connectivity index (χ4n) is 3.81. The Bertz CT molecular complexity index is 803. The fraction of sp³-hybridized carbons (Fsp3) is 0.409. The van der Waals surface area contributed by atoms with E-state index in [4.69, 9.17) is 14.3 Å².